The zero-order valence-corrected chi connectivity index (χ0v) is 10.5. The van der Waals surface area contributed by atoms with Crippen LogP contribution < -0.4 is 4.74 Å². The van der Waals surface area contributed by atoms with E-state index in [1.807, 2.05) is 0 Å². The molecule has 0 saturated heterocycles. The molecular formula is C13H17FO4. The van der Waals surface area contributed by atoms with Gasteiger partial charge in [-0.05, 0) is 31.0 Å². The molecule has 5 heteroatoms. The molecule has 1 unspecified atom stereocenters. The van der Waals surface area contributed by atoms with Gasteiger partial charge in [0.1, 0.15) is 0 Å². The van der Waals surface area contributed by atoms with E-state index in [9.17, 15) is 9.18 Å². The van der Waals surface area contributed by atoms with Crippen molar-refractivity contribution in [3.8, 4) is 5.75 Å². The van der Waals surface area contributed by atoms with Gasteiger partial charge in [-0.3, -0.25) is 0 Å². The van der Waals surface area contributed by atoms with Crippen molar-refractivity contribution >= 4 is 5.97 Å². The molecule has 1 rings (SSSR count). The molecule has 4 nitrogen and oxygen atoms in total. The standard InChI is InChI=1S/C13H17FO4/c1-3-11(13(16)17-4-2)18-12-6-5-9(8-15)7-10(12)14/h5-7,11,15H,3-4,8H2,1-2H3. The summed E-state index contributed by atoms with van der Waals surface area (Å²) in [6.07, 6.45) is -0.431. The van der Waals surface area contributed by atoms with Crippen LogP contribution in [-0.2, 0) is 16.1 Å². The Morgan fingerprint density at radius 1 is 1.44 bits per heavy atom. The van der Waals surface area contributed by atoms with E-state index in [2.05, 4.69) is 0 Å². The SMILES string of the molecule is CCOC(=O)C(CC)Oc1ccc(CO)cc1F. The average Bonchev–Trinajstić information content (AvgIpc) is 2.37. The molecule has 1 aromatic rings. The molecule has 0 amide bonds. The normalized spacial score (nSPS) is 12.0. The minimum Gasteiger partial charge on any atom is -0.476 e. The fourth-order valence-corrected chi connectivity index (χ4v) is 1.42. The Labute approximate surface area is 105 Å². The van der Waals surface area contributed by atoms with E-state index in [1.165, 1.54) is 18.2 Å². The average molecular weight is 256 g/mol. The second-order valence-electron chi connectivity index (χ2n) is 3.69. The highest BCUT2D eigenvalue weighted by molar-refractivity contribution is 5.75. The molecule has 0 fully saturated rings. The predicted molar refractivity (Wildman–Crippen MR) is 63.7 cm³/mol. The van der Waals surface area contributed by atoms with E-state index in [4.69, 9.17) is 14.6 Å². The first-order chi connectivity index (χ1) is 8.62. The smallest absolute Gasteiger partial charge is 0.347 e. The number of aliphatic hydroxyl groups is 1. The molecule has 100 valence electrons. The van der Waals surface area contributed by atoms with Gasteiger partial charge in [0.05, 0.1) is 13.2 Å². The fraction of sp³-hybridized carbons (Fsp3) is 0.462. The first-order valence-corrected chi connectivity index (χ1v) is 5.84. The zero-order valence-electron chi connectivity index (χ0n) is 10.5. The molecule has 0 radical (unpaired) electrons. The van der Waals surface area contributed by atoms with Gasteiger partial charge in [-0.2, -0.15) is 0 Å². The monoisotopic (exact) mass is 256 g/mol. The molecule has 0 aliphatic heterocycles. The van der Waals surface area contributed by atoms with Crippen LogP contribution in [0.4, 0.5) is 4.39 Å². The van der Waals surface area contributed by atoms with Gasteiger partial charge in [-0.15, -0.1) is 0 Å². The maximum Gasteiger partial charge on any atom is 0.347 e. The van der Waals surface area contributed by atoms with E-state index >= 15 is 0 Å². The summed E-state index contributed by atoms with van der Waals surface area (Å²) in [5.41, 5.74) is 0.448. The largest absolute Gasteiger partial charge is 0.476 e. The lowest BCUT2D eigenvalue weighted by atomic mass is 10.2. The van der Waals surface area contributed by atoms with Crippen molar-refractivity contribution in [2.45, 2.75) is 33.0 Å². The Balaban J connectivity index is 2.78. The quantitative estimate of drug-likeness (QED) is 0.791. The van der Waals surface area contributed by atoms with Gasteiger partial charge in [-0.25, -0.2) is 9.18 Å². The van der Waals surface area contributed by atoms with Crippen molar-refractivity contribution in [1.29, 1.82) is 0 Å². The van der Waals surface area contributed by atoms with Gasteiger partial charge in [0, 0.05) is 0 Å². The van der Waals surface area contributed by atoms with Crippen molar-refractivity contribution in [2.75, 3.05) is 6.61 Å². The van der Waals surface area contributed by atoms with Crippen LogP contribution in [-0.4, -0.2) is 23.8 Å². The van der Waals surface area contributed by atoms with Crippen LogP contribution >= 0.6 is 0 Å². The fourth-order valence-electron chi connectivity index (χ4n) is 1.42. The highest BCUT2D eigenvalue weighted by atomic mass is 19.1. The first kappa shape index (κ1) is 14.4. The van der Waals surface area contributed by atoms with Gasteiger partial charge in [0.15, 0.2) is 17.7 Å². The molecule has 1 atom stereocenters. The minimum absolute atomic E-state index is 0.0212. The van der Waals surface area contributed by atoms with Crippen LogP contribution in [0.3, 0.4) is 0 Å². The highest BCUT2D eigenvalue weighted by Crippen LogP contribution is 2.20. The Bertz CT molecular complexity index is 406. The number of carbonyl (C=O) groups is 1. The van der Waals surface area contributed by atoms with Crippen molar-refractivity contribution in [1.82, 2.24) is 0 Å². The number of halogens is 1. The van der Waals surface area contributed by atoms with Crippen LogP contribution in [0, 0.1) is 5.82 Å². The third-order valence-corrected chi connectivity index (χ3v) is 2.37. The summed E-state index contributed by atoms with van der Waals surface area (Å²) in [5, 5.41) is 8.86. The van der Waals surface area contributed by atoms with Crippen LogP contribution in [0.2, 0.25) is 0 Å². The van der Waals surface area contributed by atoms with E-state index in [0.717, 1.165) is 0 Å². The molecule has 0 saturated carbocycles. The molecule has 0 aliphatic carbocycles. The summed E-state index contributed by atoms with van der Waals surface area (Å²) in [4.78, 5) is 11.5. The van der Waals surface area contributed by atoms with E-state index in [0.29, 0.717) is 12.0 Å². The van der Waals surface area contributed by atoms with Crippen LogP contribution in [0.25, 0.3) is 0 Å². The van der Waals surface area contributed by atoms with E-state index < -0.39 is 17.9 Å². The van der Waals surface area contributed by atoms with E-state index in [1.54, 1.807) is 13.8 Å². The molecular weight excluding hydrogens is 239 g/mol. The topological polar surface area (TPSA) is 55.8 Å². The Kier molecular flexibility index (Phi) is 5.58. The first-order valence-electron chi connectivity index (χ1n) is 5.84. The summed E-state index contributed by atoms with van der Waals surface area (Å²) in [6, 6.07) is 4.10. The number of rotatable bonds is 6. The van der Waals surface area contributed by atoms with Crippen molar-refractivity contribution < 1.29 is 23.8 Å². The predicted octanol–water partition coefficient (Wildman–Crippen LogP) is 2.04. The summed E-state index contributed by atoms with van der Waals surface area (Å²) >= 11 is 0. The van der Waals surface area contributed by atoms with Gasteiger partial charge in [-0.1, -0.05) is 13.0 Å². The number of carbonyl (C=O) groups excluding carboxylic acids is 1. The second kappa shape index (κ2) is 6.96. The highest BCUT2D eigenvalue weighted by Gasteiger charge is 2.21. The molecule has 1 N–H and O–H groups in total. The number of hydrogen-bond acceptors (Lipinski definition) is 4. The summed E-state index contributed by atoms with van der Waals surface area (Å²) in [7, 11) is 0. The van der Waals surface area contributed by atoms with Crippen LogP contribution in [0.5, 0.6) is 5.75 Å². The lowest BCUT2D eigenvalue weighted by Gasteiger charge is -2.16. The molecule has 0 heterocycles. The second-order valence-corrected chi connectivity index (χ2v) is 3.69. The molecule has 1 aromatic carbocycles. The van der Waals surface area contributed by atoms with Gasteiger partial charge >= 0.3 is 5.97 Å². The summed E-state index contributed by atoms with van der Waals surface area (Å²) in [5.74, 6) is -1.14. The minimum atomic E-state index is -0.820. The Morgan fingerprint density at radius 2 is 2.17 bits per heavy atom. The maximum atomic E-state index is 13.6. The van der Waals surface area contributed by atoms with Crippen LogP contribution in [0.15, 0.2) is 18.2 Å². The molecule has 0 aliphatic rings. The Hall–Kier alpha value is -1.62. The summed E-state index contributed by atoms with van der Waals surface area (Å²) in [6.45, 7) is 3.46. The molecule has 18 heavy (non-hydrogen) atoms. The third kappa shape index (κ3) is 3.70. The number of aliphatic hydroxyl groups excluding tert-OH is 1. The van der Waals surface area contributed by atoms with Crippen LogP contribution in [0.1, 0.15) is 25.8 Å². The number of hydrogen-bond donors (Lipinski definition) is 1. The summed E-state index contributed by atoms with van der Waals surface area (Å²) < 4.78 is 23.7. The number of benzene rings is 1. The van der Waals surface area contributed by atoms with Crippen molar-refractivity contribution in [2.24, 2.45) is 0 Å². The number of ether oxygens (including phenoxy) is 2. The van der Waals surface area contributed by atoms with Gasteiger partial charge < -0.3 is 14.6 Å². The van der Waals surface area contributed by atoms with E-state index in [-0.39, 0.29) is 19.0 Å². The zero-order chi connectivity index (χ0) is 13.5. The lowest BCUT2D eigenvalue weighted by molar-refractivity contribution is -0.151. The Morgan fingerprint density at radius 3 is 2.67 bits per heavy atom. The molecule has 0 spiro atoms. The third-order valence-electron chi connectivity index (χ3n) is 2.37. The molecule has 0 bridgehead atoms. The maximum absolute atomic E-state index is 13.6. The number of esters is 1. The van der Waals surface area contributed by atoms with Crippen molar-refractivity contribution in [3.63, 3.8) is 0 Å². The lowest BCUT2D eigenvalue weighted by Crippen LogP contribution is -2.29. The molecule has 0 aromatic heterocycles. The van der Waals surface area contributed by atoms with Gasteiger partial charge in [0.25, 0.3) is 0 Å². The van der Waals surface area contributed by atoms with Crippen molar-refractivity contribution in [3.05, 3.63) is 29.6 Å². The van der Waals surface area contributed by atoms with Gasteiger partial charge in [0.2, 0.25) is 0 Å².